The number of halogens is 3. The standard InChI is InChI=1S/C12H11Br2FO3/c1-6(2)18-12(17)10(15)11(16)7-3-4-8(13)9(14)5-7/h3-6,10H,1-2H3. The first kappa shape index (κ1) is 15.3. The number of hydrogen-bond acceptors (Lipinski definition) is 3. The van der Waals surface area contributed by atoms with Gasteiger partial charge in [-0.1, -0.05) is 6.07 Å². The summed E-state index contributed by atoms with van der Waals surface area (Å²) in [7, 11) is 0. The fourth-order valence-electron chi connectivity index (χ4n) is 1.19. The Kier molecular flexibility index (Phi) is 5.47. The van der Waals surface area contributed by atoms with Crippen molar-refractivity contribution in [3.8, 4) is 0 Å². The summed E-state index contributed by atoms with van der Waals surface area (Å²) >= 11 is 6.44. The molecule has 1 aromatic carbocycles. The molecule has 0 saturated heterocycles. The van der Waals surface area contributed by atoms with E-state index in [1.807, 2.05) is 0 Å². The maximum absolute atomic E-state index is 13.6. The van der Waals surface area contributed by atoms with Crippen LogP contribution in [0.1, 0.15) is 24.2 Å². The summed E-state index contributed by atoms with van der Waals surface area (Å²) < 4.78 is 19.6. The molecular formula is C12H11Br2FO3. The lowest BCUT2D eigenvalue weighted by molar-refractivity contribution is -0.151. The summed E-state index contributed by atoms with van der Waals surface area (Å²) in [5.74, 6) is -2.07. The Hall–Kier alpha value is -0.750. The van der Waals surface area contributed by atoms with Gasteiger partial charge in [0.1, 0.15) is 0 Å². The molecule has 18 heavy (non-hydrogen) atoms. The zero-order valence-corrected chi connectivity index (χ0v) is 12.9. The molecule has 0 heterocycles. The van der Waals surface area contributed by atoms with Gasteiger partial charge in [0.25, 0.3) is 6.17 Å². The van der Waals surface area contributed by atoms with Crippen LogP contribution in [0.15, 0.2) is 27.1 Å². The number of rotatable bonds is 4. The molecule has 0 aliphatic heterocycles. The lowest BCUT2D eigenvalue weighted by Crippen LogP contribution is -2.29. The largest absolute Gasteiger partial charge is 0.460 e. The number of benzene rings is 1. The zero-order valence-electron chi connectivity index (χ0n) is 9.75. The highest BCUT2D eigenvalue weighted by Gasteiger charge is 2.29. The third kappa shape index (κ3) is 3.88. The third-order valence-corrected chi connectivity index (χ3v) is 3.87. The minimum absolute atomic E-state index is 0.110. The molecule has 0 spiro atoms. The third-order valence-electron chi connectivity index (χ3n) is 1.99. The molecule has 0 saturated carbocycles. The Labute approximate surface area is 121 Å². The minimum atomic E-state index is -2.29. The van der Waals surface area contributed by atoms with Gasteiger partial charge >= 0.3 is 5.97 Å². The highest BCUT2D eigenvalue weighted by atomic mass is 79.9. The van der Waals surface area contributed by atoms with Crippen LogP contribution in [0.25, 0.3) is 0 Å². The van der Waals surface area contributed by atoms with Gasteiger partial charge in [-0.2, -0.15) is 0 Å². The van der Waals surface area contributed by atoms with Crippen molar-refractivity contribution in [1.82, 2.24) is 0 Å². The summed E-state index contributed by atoms with van der Waals surface area (Å²) in [6.45, 7) is 3.18. The van der Waals surface area contributed by atoms with Gasteiger partial charge in [-0.05, 0) is 57.8 Å². The van der Waals surface area contributed by atoms with E-state index in [9.17, 15) is 14.0 Å². The van der Waals surface area contributed by atoms with Crippen molar-refractivity contribution in [2.75, 3.05) is 0 Å². The van der Waals surface area contributed by atoms with Crippen molar-refractivity contribution in [2.24, 2.45) is 0 Å². The molecule has 1 atom stereocenters. The first-order valence-electron chi connectivity index (χ1n) is 5.16. The lowest BCUT2D eigenvalue weighted by Gasteiger charge is -2.11. The van der Waals surface area contributed by atoms with Crippen molar-refractivity contribution >= 4 is 43.6 Å². The summed E-state index contributed by atoms with van der Waals surface area (Å²) in [5.41, 5.74) is 0.110. The number of carbonyl (C=O) groups is 2. The number of esters is 1. The van der Waals surface area contributed by atoms with Crippen LogP contribution >= 0.6 is 31.9 Å². The Bertz CT molecular complexity index is 474. The molecule has 0 bridgehead atoms. The molecule has 0 fully saturated rings. The van der Waals surface area contributed by atoms with Crippen molar-refractivity contribution < 1.29 is 18.7 Å². The molecule has 0 N–H and O–H groups in total. The SMILES string of the molecule is CC(C)OC(=O)C(F)C(=O)c1ccc(Br)c(Br)c1. The van der Waals surface area contributed by atoms with Crippen LogP contribution in [0.5, 0.6) is 0 Å². The van der Waals surface area contributed by atoms with E-state index in [-0.39, 0.29) is 5.56 Å². The molecule has 6 heteroatoms. The van der Waals surface area contributed by atoms with Crippen LogP contribution in [0.4, 0.5) is 4.39 Å². The van der Waals surface area contributed by atoms with E-state index in [1.54, 1.807) is 19.9 Å². The number of ketones is 1. The number of carbonyl (C=O) groups excluding carboxylic acids is 2. The van der Waals surface area contributed by atoms with E-state index < -0.39 is 24.0 Å². The molecule has 0 amide bonds. The Morgan fingerprint density at radius 3 is 2.33 bits per heavy atom. The maximum Gasteiger partial charge on any atom is 0.349 e. The highest BCUT2D eigenvalue weighted by molar-refractivity contribution is 9.13. The lowest BCUT2D eigenvalue weighted by atomic mass is 10.1. The first-order chi connectivity index (χ1) is 8.32. The second-order valence-electron chi connectivity index (χ2n) is 3.84. The number of Topliss-reactive ketones (excluding diaryl/α,β-unsaturated/α-hetero) is 1. The molecule has 98 valence electrons. The van der Waals surface area contributed by atoms with Crippen molar-refractivity contribution in [1.29, 1.82) is 0 Å². The van der Waals surface area contributed by atoms with Crippen LogP contribution in [0.3, 0.4) is 0 Å². The normalized spacial score (nSPS) is 12.3. The molecule has 0 aliphatic carbocycles. The molecular weight excluding hydrogens is 371 g/mol. The van der Waals surface area contributed by atoms with E-state index in [0.29, 0.717) is 4.47 Å². The fourth-order valence-corrected chi connectivity index (χ4v) is 1.82. The van der Waals surface area contributed by atoms with Crippen molar-refractivity contribution in [2.45, 2.75) is 26.1 Å². The average Bonchev–Trinajstić information content (AvgIpc) is 2.30. The molecule has 3 nitrogen and oxygen atoms in total. The van der Waals surface area contributed by atoms with E-state index in [4.69, 9.17) is 0 Å². The van der Waals surface area contributed by atoms with Gasteiger partial charge in [0.15, 0.2) is 0 Å². The van der Waals surface area contributed by atoms with Gasteiger partial charge in [-0.25, -0.2) is 9.18 Å². The van der Waals surface area contributed by atoms with Gasteiger partial charge in [0.2, 0.25) is 5.78 Å². The second-order valence-corrected chi connectivity index (χ2v) is 5.55. The monoisotopic (exact) mass is 380 g/mol. The van der Waals surface area contributed by atoms with Crippen LogP contribution < -0.4 is 0 Å². The number of ether oxygens (including phenoxy) is 1. The minimum Gasteiger partial charge on any atom is -0.460 e. The average molecular weight is 382 g/mol. The summed E-state index contributed by atoms with van der Waals surface area (Å²) in [6.07, 6.45) is -2.75. The van der Waals surface area contributed by atoms with E-state index >= 15 is 0 Å². The molecule has 0 radical (unpaired) electrons. The van der Waals surface area contributed by atoms with E-state index in [2.05, 4.69) is 36.6 Å². The van der Waals surface area contributed by atoms with Gasteiger partial charge in [-0.15, -0.1) is 0 Å². The molecule has 1 unspecified atom stereocenters. The topological polar surface area (TPSA) is 43.4 Å². The number of hydrogen-bond donors (Lipinski definition) is 0. The van der Waals surface area contributed by atoms with Gasteiger partial charge in [-0.3, -0.25) is 4.79 Å². The van der Waals surface area contributed by atoms with Crippen LogP contribution in [0.2, 0.25) is 0 Å². The smallest absolute Gasteiger partial charge is 0.349 e. The van der Waals surface area contributed by atoms with Gasteiger partial charge in [0, 0.05) is 14.5 Å². The molecule has 1 rings (SSSR count). The van der Waals surface area contributed by atoms with Crippen LogP contribution in [0, 0.1) is 0 Å². The van der Waals surface area contributed by atoms with Gasteiger partial charge < -0.3 is 4.74 Å². The Balaban J connectivity index is 2.86. The molecule has 0 aliphatic rings. The second kappa shape index (κ2) is 6.43. The summed E-state index contributed by atoms with van der Waals surface area (Å²) in [4.78, 5) is 23.0. The van der Waals surface area contributed by atoms with Gasteiger partial charge in [0.05, 0.1) is 6.10 Å². The Morgan fingerprint density at radius 1 is 1.22 bits per heavy atom. The van der Waals surface area contributed by atoms with Crippen molar-refractivity contribution in [3.05, 3.63) is 32.7 Å². The van der Waals surface area contributed by atoms with Crippen LogP contribution in [-0.2, 0) is 9.53 Å². The van der Waals surface area contributed by atoms with E-state index in [0.717, 1.165) is 4.47 Å². The summed E-state index contributed by atoms with van der Waals surface area (Å²) in [6, 6.07) is 4.48. The zero-order chi connectivity index (χ0) is 13.9. The van der Waals surface area contributed by atoms with Crippen molar-refractivity contribution in [3.63, 3.8) is 0 Å². The fraction of sp³-hybridized carbons (Fsp3) is 0.333. The predicted octanol–water partition coefficient (Wildman–Crippen LogP) is 3.68. The summed E-state index contributed by atoms with van der Waals surface area (Å²) in [5, 5.41) is 0. The Morgan fingerprint density at radius 2 is 1.83 bits per heavy atom. The highest BCUT2D eigenvalue weighted by Crippen LogP contribution is 2.24. The molecule has 0 aromatic heterocycles. The molecule has 1 aromatic rings. The van der Waals surface area contributed by atoms with E-state index in [1.165, 1.54) is 12.1 Å². The number of alkyl halides is 1. The van der Waals surface area contributed by atoms with Crippen LogP contribution in [-0.4, -0.2) is 24.0 Å². The first-order valence-corrected chi connectivity index (χ1v) is 6.75. The maximum atomic E-state index is 13.6. The predicted molar refractivity (Wildman–Crippen MR) is 72.3 cm³/mol. The quantitative estimate of drug-likeness (QED) is 0.454.